The molecule has 0 amide bonds. The van der Waals surface area contributed by atoms with Gasteiger partial charge in [-0.05, 0) is 149 Å². The summed E-state index contributed by atoms with van der Waals surface area (Å²) in [7, 11) is 0. The molecule has 0 aromatic heterocycles. The van der Waals surface area contributed by atoms with E-state index in [2.05, 4.69) is 314 Å². The summed E-state index contributed by atoms with van der Waals surface area (Å²) in [5, 5.41) is 0. The van der Waals surface area contributed by atoms with Crippen LogP contribution in [0.1, 0.15) is 44.5 Å². The van der Waals surface area contributed by atoms with Crippen LogP contribution in [0.3, 0.4) is 0 Å². The zero-order valence-corrected chi connectivity index (χ0v) is 41.4. The van der Waals surface area contributed by atoms with Gasteiger partial charge < -0.3 is 4.90 Å². The molecule has 0 saturated carbocycles. The number of rotatable bonds is 10. The van der Waals surface area contributed by atoms with Gasteiger partial charge in [-0.15, -0.1) is 0 Å². The van der Waals surface area contributed by atoms with Crippen LogP contribution in [0.25, 0.3) is 55.6 Å². The van der Waals surface area contributed by atoms with Crippen molar-refractivity contribution in [2.45, 2.75) is 10.8 Å². The molecule has 75 heavy (non-hydrogen) atoms. The molecule has 0 heterocycles. The average Bonchev–Trinajstić information content (AvgIpc) is 4.06. The Balaban J connectivity index is 0.930. The lowest BCUT2D eigenvalue weighted by Gasteiger charge is -2.34. The van der Waals surface area contributed by atoms with Gasteiger partial charge in [0.25, 0.3) is 0 Å². The number of benzene rings is 12. The van der Waals surface area contributed by atoms with Crippen molar-refractivity contribution in [1.82, 2.24) is 0 Å². The predicted molar refractivity (Wildman–Crippen MR) is 312 cm³/mol. The molecule has 12 aromatic rings. The van der Waals surface area contributed by atoms with Crippen molar-refractivity contribution in [1.29, 1.82) is 0 Å². The molecule has 1 heteroatoms. The maximum Gasteiger partial charge on any atom is 0.0713 e. The van der Waals surface area contributed by atoms with Crippen LogP contribution >= 0.6 is 0 Å². The van der Waals surface area contributed by atoms with Crippen molar-refractivity contribution in [3.05, 3.63) is 354 Å². The summed E-state index contributed by atoms with van der Waals surface area (Å²) >= 11 is 0. The smallest absolute Gasteiger partial charge is 0.0713 e. The Kier molecular flexibility index (Phi) is 10.7. The zero-order chi connectivity index (χ0) is 49.8. The first kappa shape index (κ1) is 44.2. The second-order valence-electron chi connectivity index (χ2n) is 19.9. The molecule has 0 aliphatic heterocycles. The average molecular weight is 954 g/mol. The maximum atomic E-state index is 2.46. The lowest BCUT2D eigenvalue weighted by molar-refractivity contribution is 0.769. The molecule has 0 N–H and O–H groups in total. The first-order valence-electron chi connectivity index (χ1n) is 26.1. The number of hydrogen-bond acceptors (Lipinski definition) is 1. The molecular weight excluding hydrogens is 903 g/mol. The minimum absolute atomic E-state index is 0.491. The summed E-state index contributed by atoms with van der Waals surface area (Å²) in [5.74, 6) is 0. The second-order valence-corrected chi connectivity index (χ2v) is 19.9. The summed E-state index contributed by atoms with van der Waals surface area (Å²) in [4.78, 5) is 2.43. The zero-order valence-electron chi connectivity index (χ0n) is 41.4. The van der Waals surface area contributed by atoms with Crippen LogP contribution in [-0.4, -0.2) is 0 Å². The molecule has 0 unspecified atom stereocenters. The van der Waals surface area contributed by atoms with Gasteiger partial charge in [-0.3, -0.25) is 0 Å². The highest BCUT2D eigenvalue weighted by Crippen LogP contribution is 2.58. The van der Waals surface area contributed by atoms with Gasteiger partial charge >= 0.3 is 0 Å². The van der Waals surface area contributed by atoms with Gasteiger partial charge in [0.1, 0.15) is 0 Å². The van der Waals surface area contributed by atoms with E-state index in [1.54, 1.807) is 0 Å². The highest BCUT2D eigenvalue weighted by molar-refractivity contribution is 5.92. The van der Waals surface area contributed by atoms with Gasteiger partial charge in [0.15, 0.2) is 0 Å². The van der Waals surface area contributed by atoms with E-state index in [1.807, 2.05) is 0 Å². The maximum absolute atomic E-state index is 2.46. The largest absolute Gasteiger partial charge is 0.310 e. The molecule has 2 aliphatic carbocycles. The van der Waals surface area contributed by atoms with Crippen LogP contribution in [0, 0.1) is 0 Å². The Morgan fingerprint density at radius 2 is 0.467 bits per heavy atom. The van der Waals surface area contributed by atoms with E-state index in [0.717, 1.165) is 33.8 Å². The summed E-state index contributed by atoms with van der Waals surface area (Å²) in [5.41, 5.74) is 24.6. The fourth-order valence-corrected chi connectivity index (χ4v) is 12.8. The van der Waals surface area contributed by atoms with Crippen molar-refractivity contribution in [2.24, 2.45) is 0 Å². The molecule has 0 atom stereocenters. The Morgan fingerprint density at radius 1 is 0.187 bits per heavy atom. The van der Waals surface area contributed by atoms with Crippen LogP contribution in [0.2, 0.25) is 0 Å². The summed E-state index contributed by atoms with van der Waals surface area (Å²) in [6.07, 6.45) is 0. The Morgan fingerprint density at radius 3 is 0.840 bits per heavy atom. The molecule has 12 aromatic carbocycles. The third-order valence-electron chi connectivity index (χ3n) is 16.0. The van der Waals surface area contributed by atoms with Crippen LogP contribution in [0.4, 0.5) is 17.1 Å². The third-order valence-corrected chi connectivity index (χ3v) is 16.0. The van der Waals surface area contributed by atoms with E-state index < -0.39 is 10.8 Å². The van der Waals surface area contributed by atoms with Crippen molar-refractivity contribution in [2.75, 3.05) is 4.90 Å². The van der Waals surface area contributed by atoms with Crippen molar-refractivity contribution >= 4 is 17.1 Å². The fourth-order valence-electron chi connectivity index (χ4n) is 12.8. The molecule has 14 rings (SSSR count). The lowest BCUT2D eigenvalue weighted by Crippen LogP contribution is -2.28. The predicted octanol–water partition coefficient (Wildman–Crippen LogP) is 18.9. The number of fused-ring (bicyclic) bond motifs is 6. The van der Waals surface area contributed by atoms with Crippen molar-refractivity contribution in [3.63, 3.8) is 0 Å². The molecular formula is C74H51N. The summed E-state index contributed by atoms with van der Waals surface area (Å²) < 4.78 is 0. The monoisotopic (exact) mass is 953 g/mol. The van der Waals surface area contributed by atoms with Crippen LogP contribution < -0.4 is 4.90 Å². The lowest BCUT2D eigenvalue weighted by atomic mass is 9.67. The first-order valence-corrected chi connectivity index (χ1v) is 26.1. The van der Waals surface area contributed by atoms with Crippen molar-refractivity contribution < 1.29 is 0 Å². The molecule has 0 fully saturated rings. The molecule has 0 bridgehead atoms. The normalized spacial score (nSPS) is 13.3. The molecule has 1 nitrogen and oxygen atoms in total. The van der Waals surface area contributed by atoms with Crippen LogP contribution in [0.15, 0.2) is 309 Å². The van der Waals surface area contributed by atoms with E-state index in [4.69, 9.17) is 0 Å². The number of nitrogens with zero attached hydrogens (tertiary/aromatic N) is 1. The molecule has 2 aliphatic rings. The quantitative estimate of drug-likeness (QED) is 0.132. The van der Waals surface area contributed by atoms with Crippen LogP contribution in [-0.2, 0) is 10.8 Å². The second kappa shape index (κ2) is 18.2. The topological polar surface area (TPSA) is 3.24 Å². The van der Waals surface area contributed by atoms with E-state index in [-0.39, 0.29) is 0 Å². The standard InChI is InChI=1S/C74H51N/c1-6-23-52(24-7-1)53-25-20-36-62(47-53)75(63-37-21-26-54(48-63)56-43-45-67-65-39-16-18-41-69(65)73(71(67)50-56,58-28-8-2-9-29-58)59-30-10-3-11-31-59)64-38-22-27-55(49-64)57-44-46-68-66-40-17-19-42-70(66)74(72(68)51-57,60-32-12-4-13-33-60)61-34-14-5-15-35-61/h1-51H. The Labute approximate surface area is 440 Å². The number of anilines is 3. The van der Waals surface area contributed by atoms with E-state index in [0.29, 0.717) is 0 Å². The SMILES string of the molecule is c1ccc(-c2cccc(N(c3cccc(-c4ccc5c(c4)C(c4ccccc4)(c4ccccc4)c4ccccc4-5)c3)c3cccc(-c4ccc5c(c4)C(c4ccccc4)(c4ccccc4)c4ccccc4-5)c3)c2)cc1. The van der Waals surface area contributed by atoms with E-state index >= 15 is 0 Å². The third kappa shape index (κ3) is 7.08. The van der Waals surface area contributed by atoms with Crippen molar-refractivity contribution in [3.8, 4) is 55.6 Å². The van der Waals surface area contributed by atoms with Gasteiger partial charge in [0, 0.05) is 17.1 Å². The van der Waals surface area contributed by atoms with Gasteiger partial charge in [-0.1, -0.05) is 261 Å². The number of hydrogen-bond donors (Lipinski definition) is 0. The van der Waals surface area contributed by atoms with E-state index in [9.17, 15) is 0 Å². The Hall–Kier alpha value is -9.56. The van der Waals surface area contributed by atoms with E-state index in [1.165, 1.54) is 83.5 Å². The minimum atomic E-state index is -0.491. The summed E-state index contributed by atoms with van der Waals surface area (Å²) in [6, 6.07) is 114. The van der Waals surface area contributed by atoms with Gasteiger partial charge in [0.2, 0.25) is 0 Å². The van der Waals surface area contributed by atoms with Crippen LogP contribution in [0.5, 0.6) is 0 Å². The molecule has 0 radical (unpaired) electrons. The highest BCUT2D eigenvalue weighted by atomic mass is 15.1. The molecule has 0 saturated heterocycles. The van der Waals surface area contributed by atoms with Gasteiger partial charge in [-0.2, -0.15) is 0 Å². The Bertz CT molecular complexity index is 3740. The minimum Gasteiger partial charge on any atom is -0.310 e. The fraction of sp³-hybridized carbons (Fsp3) is 0.0270. The molecule has 352 valence electrons. The highest BCUT2D eigenvalue weighted by Gasteiger charge is 2.47. The van der Waals surface area contributed by atoms with Gasteiger partial charge in [0.05, 0.1) is 10.8 Å². The first-order chi connectivity index (χ1) is 37.2. The van der Waals surface area contributed by atoms with Gasteiger partial charge in [-0.25, -0.2) is 0 Å². The summed E-state index contributed by atoms with van der Waals surface area (Å²) in [6.45, 7) is 0. The molecule has 0 spiro atoms.